The Labute approximate surface area is 83.1 Å². The van der Waals surface area contributed by atoms with Crippen molar-refractivity contribution in [1.82, 2.24) is 4.98 Å². The highest BCUT2D eigenvalue weighted by molar-refractivity contribution is 5.72. The van der Waals surface area contributed by atoms with Crippen LogP contribution in [0.3, 0.4) is 0 Å². The fraction of sp³-hybridized carbons (Fsp3) is 0.455. The number of ether oxygens (including phenoxy) is 1. The van der Waals surface area contributed by atoms with Gasteiger partial charge >= 0.3 is 5.97 Å². The summed E-state index contributed by atoms with van der Waals surface area (Å²) in [5, 5.41) is 0. The van der Waals surface area contributed by atoms with Crippen LogP contribution in [0, 0.1) is 0 Å². The number of carbonyl (C=O) groups is 1. The van der Waals surface area contributed by atoms with Crippen LogP contribution in [-0.4, -0.2) is 17.1 Å². The largest absolute Gasteiger partial charge is 0.462 e. The standard InChI is InChI=1S/C11H13NO2/c13-11(14-10-5-3-6-10)8-9-4-1-2-7-12-9/h1-2,4,7,10H,3,5-6,8H2. The van der Waals surface area contributed by atoms with Gasteiger partial charge in [0.2, 0.25) is 0 Å². The molecule has 1 aromatic heterocycles. The Bertz CT molecular complexity index is 306. The first-order chi connectivity index (χ1) is 6.84. The summed E-state index contributed by atoms with van der Waals surface area (Å²) in [6.07, 6.45) is 5.37. The van der Waals surface area contributed by atoms with E-state index >= 15 is 0 Å². The Kier molecular flexibility index (Phi) is 2.77. The molecule has 2 rings (SSSR count). The quantitative estimate of drug-likeness (QED) is 0.683. The molecule has 0 saturated heterocycles. The molecule has 0 aromatic carbocycles. The zero-order chi connectivity index (χ0) is 9.80. The number of carbonyl (C=O) groups excluding carboxylic acids is 1. The van der Waals surface area contributed by atoms with Crippen molar-refractivity contribution in [2.24, 2.45) is 0 Å². The topological polar surface area (TPSA) is 39.2 Å². The Morgan fingerprint density at radius 2 is 2.36 bits per heavy atom. The van der Waals surface area contributed by atoms with Crippen molar-refractivity contribution < 1.29 is 9.53 Å². The molecule has 1 aliphatic rings. The molecule has 1 heterocycles. The minimum absolute atomic E-state index is 0.159. The summed E-state index contributed by atoms with van der Waals surface area (Å²) >= 11 is 0. The van der Waals surface area contributed by atoms with Crippen molar-refractivity contribution in [2.45, 2.75) is 31.8 Å². The van der Waals surface area contributed by atoms with E-state index in [0.717, 1.165) is 18.5 Å². The zero-order valence-corrected chi connectivity index (χ0v) is 7.98. The van der Waals surface area contributed by atoms with Gasteiger partial charge in [0.15, 0.2) is 0 Å². The van der Waals surface area contributed by atoms with Gasteiger partial charge in [-0.25, -0.2) is 0 Å². The van der Waals surface area contributed by atoms with Crippen LogP contribution in [0.15, 0.2) is 24.4 Å². The van der Waals surface area contributed by atoms with Crippen molar-refractivity contribution in [3.63, 3.8) is 0 Å². The number of hydrogen-bond acceptors (Lipinski definition) is 3. The molecule has 3 heteroatoms. The molecule has 0 N–H and O–H groups in total. The second-order valence-corrected chi connectivity index (χ2v) is 3.54. The highest BCUT2D eigenvalue weighted by Gasteiger charge is 2.21. The molecule has 14 heavy (non-hydrogen) atoms. The SMILES string of the molecule is O=C(Cc1ccccn1)OC1CCC1. The predicted octanol–water partition coefficient (Wildman–Crippen LogP) is 1.72. The van der Waals surface area contributed by atoms with Gasteiger partial charge in [-0.3, -0.25) is 9.78 Å². The number of esters is 1. The van der Waals surface area contributed by atoms with E-state index in [-0.39, 0.29) is 18.5 Å². The van der Waals surface area contributed by atoms with Crippen LogP contribution in [-0.2, 0) is 16.0 Å². The molecule has 0 bridgehead atoms. The van der Waals surface area contributed by atoms with E-state index in [0.29, 0.717) is 0 Å². The summed E-state index contributed by atoms with van der Waals surface area (Å²) < 4.78 is 5.21. The molecular formula is C11H13NO2. The van der Waals surface area contributed by atoms with Crippen molar-refractivity contribution >= 4 is 5.97 Å². The number of hydrogen-bond donors (Lipinski definition) is 0. The maximum atomic E-state index is 11.4. The molecular weight excluding hydrogens is 178 g/mol. The average Bonchev–Trinajstić information content (AvgIpc) is 2.13. The monoisotopic (exact) mass is 191 g/mol. The van der Waals surface area contributed by atoms with Gasteiger partial charge in [-0.2, -0.15) is 0 Å². The smallest absolute Gasteiger partial charge is 0.312 e. The third kappa shape index (κ3) is 2.31. The van der Waals surface area contributed by atoms with E-state index in [9.17, 15) is 4.79 Å². The van der Waals surface area contributed by atoms with Gasteiger partial charge in [0.1, 0.15) is 6.10 Å². The normalized spacial score (nSPS) is 16.0. The molecule has 3 nitrogen and oxygen atoms in total. The molecule has 0 radical (unpaired) electrons. The van der Waals surface area contributed by atoms with Crippen molar-refractivity contribution in [3.8, 4) is 0 Å². The summed E-state index contributed by atoms with van der Waals surface area (Å²) in [5.74, 6) is -0.159. The lowest BCUT2D eigenvalue weighted by Gasteiger charge is -2.24. The summed E-state index contributed by atoms with van der Waals surface area (Å²) in [7, 11) is 0. The third-order valence-electron chi connectivity index (χ3n) is 2.40. The van der Waals surface area contributed by atoms with Crippen LogP contribution in [0.1, 0.15) is 25.0 Å². The Morgan fingerprint density at radius 1 is 1.50 bits per heavy atom. The number of aromatic nitrogens is 1. The maximum Gasteiger partial charge on any atom is 0.312 e. The third-order valence-corrected chi connectivity index (χ3v) is 2.40. The molecule has 1 aliphatic carbocycles. The summed E-state index contributed by atoms with van der Waals surface area (Å²) in [5.41, 5.74) is 0.775. The molecule has 1 fully saturated rings. The molecule has 0 amide bonds. The first kappa shape index (κ1) is 9.19. The van der Waals surface area contributed by atoms with Crippen molar-refractivity contribution in [3.05, 3.63) is 30.1 Å². The van der Waals surface area contributed by atoms with E-state index in [1.165, 1.54) is 6.42 Å². The Hall–Kier alpha value is -1.38. The molecule has 1 saturated carbocycles. The number of rotatable bonds is 3. The summed E-state index contributed by atoms with van der Waals surface area (Å²) in [6, 6.07) is 5.54. The highest BCUT2D eigenvalue weighted by Crippen LogP contribution is 2.22. The van der Waals surface area contributed by atoms with E-state index in [4.69, 9.17) is 4.74 Å². The Balaban J connectivity index is 1.82. The van der Waals surface area contributed by atoms with Crippen LogP contribution in [0.2, 0.25) is 0 Å². The van der Waals surface area contributed by atoms with Gasteiger partial charge in [0.25, 0.3) is 0 Å². The zero-order valence-electron chi connectivity index (χ0n) is 7.98. The minimum atomic E-state index is -0.159. The summed E-state index contributed by atoms with van der Waals surface area (Å²) in [6.45, 7) is 0. The fourth-order valence-electron chi connectivity index (χ4n) is 1.37. The second-order valence-electron chi connectivity index (χ2n) is 3.54. The minimum Gasteiger partial charge on any atom is -0.462 e. The lowest BCUT2D eigenvalue weighted by molar-refractivity contribution is -0.152. The van der Waals surface area contributed by atoms with Gasteiger partial charge < -0.3 is 4.74 Å². The molecule has 0 aliphatic heterocycles. The predicted molar refractivity (Wildman–Crippen MR) is 51.7 cm³/mol. The number of pyridine rings is 1. The van der Waals surface area contributed by atoms with Crippen LogP contribution in [0.25, 0.3) is 0 Å². The van der Waals surface area contributed by atoms with E-state index in [1.54, 1.807) is 6.20 Å². The van der Waals surface area contributed by atoms with E-state index in [1.807, 2.05) is 18.2 Å². The summed E-state index contributed by atoms with van der Waals surface area (Å²) in [4.78, 5) is 15.4. The molecule has 0 atom stereocenters. The fourth-order valence-corrected chi connectivity index (χ4v) is 1.37. The maximum absolute atomic E-state index is 11.4. The lowest BCUT2D eigenvalue weighted by Crippen LogP contribution is -2.26. The average molecular weight is 191 g/mol. The van der Waals surface area contributed by atoms with Gasteiger partial charge in [-0.1, -0.05) is 6.07 Å². The van der Waals surface area contributed by atoms with Crippen molar-refractivity contribution in [1.29, 1.82) is 0 Å². The van der Waals surface area contributed by atoms with Crippen LogP contribution in [0.4, 0.5) is 0 Å². The van der Waals surface area contributed by atoms with Gasteiger partial charge in [0.05, 0.1) is 12.1 Å². The lowest BCUT2D eigenvalue weighted by atomic mass is 9.96. The molecule has 0 spiro atoms. The van der Waals surface area contributed by atoms with Gasteiger partial charge in [0, 0.05) is 6.20 Å². The second kappa shape index (κ2) is 4.22. The van der Waals surface area contributed by atoms with E-state index < -0.39 is 0 Å². The van der Waals surface area contributed by atoms with Crippen LogP contribution < -0.4 is 0 Å². The van der Waals surface area contributed by atoms with Crippen molar-refractivity contribution in [2.75, 3.05) is 0 Å². The molecule has 74 valence electrons. The Morgan fingerprint density at radius 3 is 2.93 bits per heavy atom. The highest BCUT2D eigenvalue weighted by atomic mass is 16.5. The van der Waals surface area contributed by atoms with Gasteiger partial charge in [-0.15, -0.1) is 0 Å². The van der Waals surface area contributed by atoms with E-state index in [2.05, 4.69) is 4.98 Å². The molecule has 1 aromatic rings. The van der Waals surface area contributed by atoms with Crippen LogP contribution in [0.5, 0.6) is 0 Å². The first-order valence-corrected chi connectivity index (χ1v) is 4.94. The molecule has 0 unspecified atom stereocenters. The van der Waals surface area contributed by atoms with Crippen LogP contribution >= 0.6 is 0 Å². The number of nitrogens with zero attached hydrogens (tertiary/aromatic N) is 1. The first-order valence-electron chi connectivity index (χ1n) is 4.94. The van der Waals surface area contributed by atoms with Gasteiger partial charge in [-0.05, 0) is 31.4 Å².